The third-order valence-electron chi connectivity index (χ3n) is 3.95. The van der Waals surface area contributed by atoms with Gasteiger partial charge in [0.05, 0.1) is 12.1 Å². The molecule has 0 fully saturated rings. The van der Waals surface area contributed by atoms with E-state index in [0.29, 0.717) is 5.92 Å². The van der Waals surface area contributed by atoms with Gasteiger partial charge in [-0.1, -0.05) is 45.0 Å². The summed E-state index contributed by atoms with van der Waals surface area (Å²) in [5, 5.41) is 0. The molecule has 0 spiro atoms. The smallest absolute Gasteiger partial charge is 0.111 e. The zero-order chi connectivity index (χ0) is 14.7. The molecule has 0 radical (unpaired) electrons. The molecule has 0 saturated heterocycles. The number of nitrogens with zero attached hydrogens (tertiary/aromatic N) is 2. The highest BCUT2D eigenvalue weighted by Crippen LogP contribution is 2.27. The Morgan fingerprint density at radius 2 is 1.80 bits per heavy atom. The van der Waals surface area contributed by atoms with Crippen LogP contribution in [0.15, 0.2) is 36.7 Å². The van der Waals surface area contributed by atoms with Crippen LogP contribution in [0.4, 0.5) is 0 Å². The van der Waals surface area contributed by atoms with E-state index < -0.39 is 0 Å². The summed E-state index contributed by atoms with van der Waals surface area (Å²) in [6.45, 7) is 8.64. The number of nitrogens with two attached hydrogens (primary N) is 1. The Hall–Kier alpha value is -1.61. The van der Waals surface area contributed by atoms with E-state index in [4.69, 9.17) is 5.73 Å². The lowest BCUT2D eigenvalue weighted by Crippen LogP contribution is -2.23. The summed E-state index contributed by atoms with van der Waals surface area (Å²) in [6, 6.07) is 8.80. The van der Waals surface area contributed by atoms with Crippen LogP contribution in [-0.4, -0.2) is 9.55 Å². The minimum Gasteiger partial charge on any atom is -0.330 e. The number of aryl methyl sites for hydroxylation is 1. The van der Waals surface area contributed by atoms with Crippen LogP contribution in [0.2, 0.25) is 0 Å². The van der Waals surface area contributed by atoms with Gasteiger partial charge in [0, 0.05) is 18.3 Å². The molecule has 108 valence electrons. The number of rotatable bonds is 5. The van der Waals surface area contributed by atoms with Gasteiger partial charge in [0.15, 0.2) is 0 Å². The van der Waals surface area contributed by atoms with Crippen molar-refractivity contribution in [1.82, 2.24) is 9.55 Å². The molecule has 2 rings (SSSR count). The highest BCUT2D eigenvalue weighted by Gasteiger charge is 2.20. The number of imidazole rings is 1. The highest BCUT2D eigenvalue weighted by molar-refractivity contribution is 5.25. The maximum atomic E-state index is 6.44. The fraction of sp³-hybridized carbons (Fsp3) is 0.471. The Bertz CT molecular complexity index is 540. The SMILES string of the molecule is CCc1ccc(C(N)C(C)n2ccnc2C(C)C)cc1. The van der Waals surface area contributed by atoms with Gasteiger partial charge in [-0.3, -0.25) is 0 Å². The van der Waals surface area contributed by atoms with E-state index in [1.165, 1.54) is 11.1 Å². The monoisotopic (exact) mass is 271 g/mol. The Morgan fingerprint density at radius 1 is 1.15 bits per heavy atom. The van der Waals surface area contributed by atoms with Crippen molar-refractivity contribution >= 4 is 0 Å². The third kappa shape index (κ3) is 2.93. The van der Waals surface area contributed by atoms with Gasteiger partial charge in [-0.15, -0.1) is 0 Å². The molecule has 0 aliphatic heterocycles. The zero-order valence-electron chi connectivity index (χ0n) is 12.9. The van der Waals surface area contributed by atoms with E-state index in [1.807, 2.05) is 12.4 Å². The van der Waals surface area contributed by atoms with Crippen LogP contribution in [0.5, 0.6) is 0 Å². The molecular formula is C17H25N3. The summed E-state index contributed by atoms with van der Waals surface area (Å²) in [5.74, 6) is 1.50. The summed E-state index contributed by atoms with van der Waals surface area (Å²) in [7, 11) is 0. The minimum absolute atomic E-state index is 0.0207. The van der Waals surface area contributed by atoms with Crippen molar-refractivity contribution < 1.29 is 0 Å². The van der Waals surface area contributed by atoms with E-state index in [0.717, 1.165) is 12.2 Å². The lowest BCUT2D eigenvalue weighted by atomic mass is 9.99. The van der Waals surface area contributed by atoms with Gasteiger partial charge in [-0.25, -0.2) is 4.98 Å². The summed E-state index contributed by atoms with van der Waals surface area (Å²) < 4.78 is 2.20. The van der Waals surface area contributed by atoms with Gasteiger partial charge in [0.2, 0.25) is 0 Å². The number of hydrogen-bond donors (Lipinski definition) is 1. The van der Waals surface area contributed by atoms with Crippen LogP contribution in [0.25, 0.3) is 0 Å². The van der Waals surface area contributed by atoms with Crippen molar-refractivity contribution in [3.8, 4) is 0 Å². The fourth-order valence-corrected chi connectivity index (χ4v) is 2.54. The average molecular weight is 271 g/mol. The van der Waals surface area contributed by atoms with Crippen molar-refractivity contribution in [3.05, 3.63) is 53.6 Å². The molecule has 0 aliphatic rings. The maximum absolute atomic E-state index is 6.44. The van der Waals surface area contributed by atoms with Crippen LogP contribution < -0.4 is 5.73 Å². The van der Waals surface area contributed by atoms with Crippen LogP contribution in [0.1, 0.15) is 62.6 Å². The lowest BCUT2D eigenvalue weighted by molar-refractivity contribution is 0.432. The van der Waals surface area contributed by atoms with Gasteiger partial charge in [0.25, 0.3) is 0 Å². The molecule has 0 bridgehead atoms. The van der Waals surface area contributed by atoms with Crippen molar-refractivity contribution in [2.45, 2.75) is 52.1 Å². The van der Waals surface area contributed by atoms with Crippen molar-refractivity contribution in [3.63, 3.8) is 0 Å². The molecule has 3 heteroatoms. The number of benzene rings is 1. The summed E-state index contributed by atoms with van der Waals surface area (Å²) in [5.41, 5.74) is 8.97. The maximum Gasteiger partial charge on any atom is 0.111 e. The Balaban J connectivity index is 2.22. The van der Waals surface area contributed by atoms with E-state index in [-0.39, 0.29) is 12.1 Å². The van der Waals surface area contributed by atoms with Gasteiger partial charge >= 0.3 is 0 Å². The molecule has 2 atom stereocenters. The normalized spacial score (nSPS) is 14.5. The van der Waals surface area contributed by atoms with Crippen LogP contribution in [0.3, 0.4) is 0 Å². The van der Waals surface area contributed by atoms with Crippen molar-refractivity contribution in [1.29, 1.82) is 0 Å². The van der Waals surface area contributed by atoms with Gasteiger partial charge in [-0.2, -0.15) is 0 Å². The molecule has 0 aliphatic carbocycles. The molecule has 2 N–H and O–H groups in total. The first-order valence-electron chi connectivity index (χ1n) is 7.41. The van der Waals surface area contributed by atoms with E-state index >= 15 is 0 Å². The molecule has 20 heavy (non-hydrogen) atoms. The zero-order valence-corrected chi connectivity index (χ0v) is 12.9. The van der Waals surface area contributed by atoms with Gasteiger partial charge < -0.3 is 10.3 Å². The molecule has 3 nitrogen and oxygen atoms in total. The molecular weight excluding hydrogens is 246 g/mol. The molecule has 2 aromatic rings. The Labute approximate surface area is 121 Å². The first-order valence-corrected chi connectivity index (χ1v) is 7.41. The minimum atomic E-state index is -0.0207. The second-order valence-electron chi connectivity index (χ2n) is 5.71. The number of aromatic nitrogens is 2. The summed E-state index contributed by atoms with van der Waals surface area (Å²) in [4.78, 5) is 4.45. The van der Waals surface area contributed by atoms with Crippen LogP contribution in [-0.2, 0) is 6.42 Å². The first-order chi connectivity index (χ1) is 9.54. The Morgan fingerprint density at radius 3 is 2.35 bits per heavy atom. The van der Waals surface area contributed by atoms with Crippen molar-refractivity contribution in [2.24, 2.45) is 5.73 Å². The fourth-order valence-electron chi connectivity index (χ4n) is 2.54. The van der Waals surface area contributed by atoms with Crippen molar-refractivity contribution in [2.75, 3.05) is 0 Å². The molecule has 1 aromatic carbocycles. The average Bonchev–Trinajstić information content (AvgIpc) is 2.95. The van der Waals surface area contributed by atoms with E-state index in [2.05, 4.69) is 61.5 Å². The van der Waals surface area contributed by atoms with E-state index in [1.54, 1.807) is 0 Å². The molecule has 0 amide bonds. The first kappa shape index (κ1) is 14.8. The molecule has 2 unspecified atom stereocenters. The summed E-state index contributed by atoms with van der Waals surface area (Å²) >= 11 is 0. The predicted molar refractivity (Wildman–Crippen MR) is 83.8 cm³/mol. The van der Waals surface area contributed by atoms with Crippen LogP contribution in [0, 0.1) is 0 Å². The number of hydrogen-bond acceptors (Lipinski definition) is 2. The lowest BCUT2D eigenvalue weighted by Gasteiger charge is -2.24. The molecule has 1 aromatic heterocycles. The molecule has 0 saturated carbocycles. The second kappa shape index (κ2) is 6.23. The van der Waals surface area contributed by atoms with Gasteiger partial charge in [0.1, 0.15) is 5.82 Å². The second-order valence-corrected chi connectivity index (χ2v) is 5.71. The third-order valence-corrected chi connectivity index (χ3v) is 3.95. The predicted octanol–water partition coefficient (Wildman–Crippen LogP) is 3.83. The van der Waals surface area contributed by atoms with Gasteiger partial charge in [-0.05, 0) is 24.5 Å². The van der Waals surface area contributed by atoms with Crippen LogP contribution >= 0.6 is 0 Å². The Kier molecular flexibility index (Phi) is 4.61. The van der Waals surface area contributed by atoms with E-state index in [9.17, 15) is 0 Å². The standard InChI is InChI=1S/C17H25N3/c1-5-14-6-8-15(9-7-14)16(18)13(4)20-11-10-19-17(20)12(2)3/h6-13,16H,5,18H2,1-4H3. The topological polar surface area (TPSA) is 43.8 Å². The quantitative estimate of drug-likeness (QED) is 0.898. The highest BCUT2D eigenvalue weighted by atomic mass is 15.1. The molecule has 1 heterocycles. The summed E-state index contributed by atoms with van der Waals surface area (Å²) in [6.07, 6.45) is 4.95. The largest absolute Gasteiger partial charge is 0.330 e.